The largest absolute Gasteiger partial charge is 0.465 e. The van der Waals surface area contributed by atoms with Crippen LogP contribution in [0.2, 0.25) is 0 Å². The summed E-state index contributed by atoms with van der Waals surface area (Å²) in [6.45, 7) is 11.7. The Balaban J connectivity index is 2.48. The molecule has 0 N–H and O–H groups in total. The standard InChI is InChI=1S/C13H24O2/c1-6-12(14)15-8-11-7-13(4,5)10(3)9(11)2/h9-11H,6-8H2,1-5H3. The molecule has 0 saturated heterocycles. The molecule has 1 rings (SSSR count). The maximum Gasteiger partial charge on any atom is 0.305 e. The van der Waals surface area contributed by atoms with Gasteiger partial charge in [0, 0.05) is 6.42 Å². The van der Waals surface area contributed by atoms with Crippen LogP contribution in [-0.4, -0.2) is 12.6 Å². The van der Waals surface area contributed by atoms with Crippen molar-refractivity contribution in [1.29, 1.82) is 0 Å². The second-order valence-electron chi connectivity index (χ2n) is 5.64. The van der Waals surface area contributed by atoms with Gasteiger partial charge in [-0.1, -0.05) is 34.6 Å². The van der Waals surface area contributed by atoms with Crippen molar-refractivity contribution >= 4 is 5.97 Å². The van der Waals surface area contributed by atoms with Gasteiger partial charge in [0.1, 0.15) is 0 Å². The quantitative estimate of drug-likeness (QED) is 0.671. The molecule has 3 unspecified atom stereocenters. The fourth-order valence-corrected chi connectivity index (χ4v) is 2.68. The average Bonchev–Trinajstić information content (AvgIpc) is 2.38. The first-order valence-corrected chi connectivity index (χ1v) is 6.04. The summed E-state index contributed by atoms with van der Waals surface area (Å²) >= 11 is 0. The van der Waals surface area contributed by atoms with Crippen LogP contribution in [0.5, 0.6) is 0 Å². The zero-order valence-corrected chi connectivity index (χ0v) is 10.7. The summed E-state index contributed by atoms with van der Waals surface area (Å²) in [5, 5.41) is 0. The van der Waals surface area contributed by atoms with Crippen LogP contribution in [0.25, 0.3) is 0 Å². The molecule has 1 aliphatic rings. The number of hydrogen-bond acceptors (Lipinski definition) is 2. The van der Waals surface area contributed by atoms with Gasteiger partial charge in [-0.15, -0.1) is 0 Å². The summed E-state index contributed by atoms with van der Waals surface area (Å²) in [5.41, 5.74) is 0.392. The van der Waals surface area contributed by atoms with Crippen LogP contribution in [0.3, 0.4) is 0 Å². The Bertz CT molecular complexity index is 233. The molecule has 2 nitrogen and oxygen atoms in total. The zero-order valence-electron chi connectivity index (χ0n) is 10.7. The van der Waals surface area contributed by atoms with E-state index in [1.807, 2.05) is 6.92 Å². The number of carbonyl (C=O) groups excluding carboxylic acids is 1. The van der Waals surface area contributed by atoms with Crippen molar-refractivity contribution in [1.82, 2.24) is 0 Å². The van der Waals surface area contributed by atoms with E-state index in [9.17, 15) is 4.79 Å². The second kappa shape index (κ2) is 4.54. The summed E-state index contributed by atoms with van der Waals surface area (Å²) < 4.78 is 5.25. The molecule has 1 aliphatic carbocycles. The molecule has 0 radical (unpaired) electrons. The van der Waals surface area contributed by atoms with Crippen LogP contribution >= 0.6 is 0 Å². The number of rotatable bonds is 3. The molecule has 15 heavy (non-hydrogen) atoms. The Morgan fingerprint density at radius 1 is 1.40 bits per heavy atom. The lowest BCUT2D eigenvalue weighted by Crippen LogP contribution is -2.18. The number of carbonyl (C=O) groups is 1. The molecule has 0 amide bonds. The van der Waals surface area contributed by atoms with E-state index in [1.54, 1.807) is 0 Å². The monoisotopic (exact) mass is 212 g/mol. The van der Waals surface area contributed by atoms with Gasteiger partial charge in [0.2, 0.25) is 0 Å². The van der Waals surface area contributed by atoms with Gasteiger partial charge in [-0.3, -0.25) is 4.79 Å². The second-order valence-corrected chi connectivity index (χ2v) is 5.64. The van der Waals surface area contributed by atoms with Crippen LogP contribution in [0.15, 0.2) is 0 Å². The van der Waals surface area contributed by atoms with E-state index in [-0.39, 0.29) is 5.97 Å². The molecule has 0 spiro atoms. The summed E-state index contributed by atoms with van der Waals surface area (Å²) in [4.78, 5) is 11.1. The first kappa shape index (κ1) is 12.5. The van der Waals surface area contributed by atoms with Crippen LogP contribution in [0.1, 0.15) is 47.5 Å². The van der Waals surface area contributed by atoms with Gasteiger partial charge >= 0.3 is 5.97 Å². The first-order valence-electron chi connectivity index (χ1n) is 6.04. The highest BCUT2D eigenvalue weighted by Gasteiger charge is 2.43. The predicted molar refractivity (Wildman–Crippen MR) is 61.5 cm³/mol. The Hall–Kier alpha value is -0.530. The van der Waals surface area contributed by atoms with Crippen molar-refractivity contribution in [2.75, 3.05) is 6.61 Å². The summed E-state index contributed by atoms with van der Waals surface area (Å²) in [5.74, 6) is 1.84. The van der Waals surface area contributed by atoms with Crippen molar-refractivity contribution in [3.63, 3.8) is 0 Å². The highest BCUT2D eigenvalue weighted by molar-refractivity contribution is 5.68. The third-order valence-electron chi connectivity index (χ3n) is 4.30. The van der Waals surface area contributed by atoms with E-state index < -0.39 is 0 Å². The van der Waals surface area contributed by atoms with Crippen molar-refractivity contribution in [3.8, 4) is 0 Å². The maximum atomic E-state index is 11.1. The van der Waals surface area contributed by atoms with Gasteiger partial charge in [-0.05, 0) is 29.6 Å². The van der Waals surface area contributed by atoms with Gasteiger partial charge in [-0.2, -0.15) is 0 Å². The van der Waals surface area contributed by atoms with E-state index >= 15 is 0 Å². The molecule has 0 aliphatic heterocycles. The van der Waals surface area contributed by atoms with Gasteiger partial charge in [0.25, 0.3) is 0 Å². The Morgan fingerprint density at radius 2 is 2.00 bits per heavy atom. The molecule has 88 valence electrons. The SMILES string of the molecule is CCC(=O)OCC1CC(C)(C)C(C)C1C. The van der Waals surface area contributed by atoms with E-state index in [1.165, 1.54) is 6.42 Å². The van der Waals surface area contributed by atoms with Gasteiger partial charge in [0.05, 0.1) is 6.61 Å². The van der Waals surface area contributed by atoms with E-state index in [4.69, 9.17) is 4.74 Å². The molecule has 0 bridgehead atoms. The minimum Gasteiger partial charge on any atom is -0.465 e. The minimum atomic E-state index is -0.0699. The highest BCUT2D eigenvalue weighted by Crippen LogP contribution is 2.49. The molecule has 0 heterocycles. The summed E-state index contributed by atoms with van der Waals surface area (Å²) in [6.07, 6.45) is 1.66. The third-order valence-corrected chi connectivity index (χ3v) is 4.30. The van der Waals surface area contributed by atoms with Crippen LogP contribution < -0.4 is 0 Å². The lowest BCUT2D eigenvalue weighted by atomic mass is 9.81. The summed E-state index contributed by atoms with van der Waals surface area (Å²) in [7, 11) is 0. The normalized spacial score (nSPS) is 34.1. The zero-order chi connectivity index (χ0) is 11.6. The van der Waals surface area contributed by atoms with Crippen LogP contribution in [-0.2, 0) is 9.53 Å². The topological polar surface area (TPSA) is 26.3 Å². The molecule has 0 aromatic heterocycles. The molecule has 0 aromatic carbocycles. The van der Waals surface area contributed by atoms with Gasteiger partial charge in [0.15, 0.2) is 0 Å². The Labute approximate surface area is 93.4 Å². The molecular weight excluding hydrogens is 188 g/mol. The van der Waals surface area contributed by atoms with Gasteiger partial charge in [-0.25, -0.2) is 0 Å². The van der Waals surface area contributed by atoms with Crippen molar-refractivity contribution < 1.29 is 9.53 Å². The molecule has 3 atom stereocenters. The van der Waals surface area contributed by atoms with Crippen molar-refractivity contribution in [2.24, 2.45) is 23.2 Å². The Kier molecular flexibility index (Phi) is 3.80. The van der Waals surface area contributed by atoms with Crippen LogP contribution in [0, 0.1) is 23.2 Å². The molecule has 0 aromatic rings. The van der Waals surface area contributed by atoms with E-state index in [0.29, 0.717) is 36.2 Å². The Morgan fingerprint density at radius 3 is 2.40 bits per heavy atom. The fraction of sp³-hybridized carbons (Fsp3) is 0.923. The summed E-state index contributed by atoms with van der Waals surface area (Å²) in [6, 6.07) is 0. The molecule has 2 heteroatoms. The van der Waals surface area contributed by atoms with Crippen molar-refractivity contribution in [2.45, 2.75) is 47.5 Å². The number of ether oxygens (including phenoxy) is 1. The fourth-order valence-electron chi connectivity index (χ4n) is 2.68. The minimum absolute atomic E-state index is 0.0699. The molecular formula is C13H24O2. The molecule has 1 saturated carbocycles. The first-order chi connectivity index (χ1) is 6.88. The maximum absolute atomic E-state index is 11.1. The predicted octanol–water partition coefficient (Wildman–Crippen LogP) is 3.26. The van der Waals surface area contributed by atoms with Crippen LogP contribution in [0.4, 0.5) is 0 Å². The lowest BCUT2D eigenvalue weighted by Gasteiger charge is -2.25. The lowest BCUT2D eigenvalue weighted by molar-refractivity contribution is -0.145. The number of hydrogen-bond donors (Lipinski definition) is 0. The third kappa shape index (κ3) is 2.73. The smallest absolute Gasteiger partial charge is 0.305 e. The average molecular weight is 212 g/mol. The highest BCUT2D eigenvalue weighted by atomic mass is 16.5. The van der Waals surface area contributed by atoms with Crippen molar-refractivity contribution in [3.05, 3.63) is 0 Å². The number of esters is 1. The molecule has 1 fully saturated rings. The van der Waals surface area contributed by atoms with E-state index in [2.05, 4.69) is 27.7 Å². The van der Waals surface area contributed by atoms with Gasteiger partial charge < -0.3 is 4.74 Å². The van der Waals surface area contributed by atoms with E-state index in [0.717, 1.165) is 0 Å².